The lowest BCUT2D eigenvalue weighted by Crippen LogP contribution is -2.53. The van der Waals surface area contributed by atoms with Gasteiger partial charge in [-0.25, -0.2) is 0 Å². The van der Waals surface area contributed by atoms with Gasteiger partial charge in [0.25, 0.3) is 0 Å². The van der Waals surface area contributed by atoms with Crippen LogP contribution in [-0.2, 0) is 0 Å². The van der Waals surface area contributed by atoms with Crippen LogP contribution >= 0.6 is 23.2 Å². The highest BCUT2D eigenvalue weighted by molar-refractivity contribution is 6.50. The Hall–Kier alpha value is 0.540. The Bertz CT molecular complexity index is 185. The number of rotatable bonds is 2. The minimum Gasteiger partial charge on any atom is -0.297 e. The van der Waals surface area contributed by atoms with E-state index in [1.54, 1.807) is 0 Å². The van der Waals surface area contributed by atoms with E-state index in [0.717, 1.165) is 25.0 Å². The highest BCUT2D eigenvalue weighted by Crippen LogP contribution is 2.54. The summed E-state index contributed by atoms with van der Waals surface area (Å²) in [6.07, 6.45) is 2.30. The van der Waals surface area contributed by atoms with Crippen LogP contribution in [0.25, 0.3) is 0 Å². The highest BCUT2D eigenvalue weighted by Gasteiger charge is 2.53. The molecule has 0 aromatic rings. The molecule has 1 saturated carbocycles. The Balaban J connectivity index is 1.81. The summed E-state index contributed by atoms with van der Waals surface area (Å²) in [5.41, 5.74) is 0. The van der Waals surface area contributed by atoms with Crippen molar-refractivity contribution < 1.29 is 0 Å². The predicted octanol–water partition coefficient (Wildman–Crippen LogP) is 2.66. The molecule has 1 aliphatic carbocycles. The van der Waals surface area contributed by atoms with Crippen molar-refractivity contribution in [1.29, 1.82) is 0 Å². The molecule has 0 aromatic carbocycles. The standard InChI is InChI=1S/C9H15Cl2N/c1-6-3-7(2)12(6)5-8-4-9(8,10)11/h6-8H,3-5H2,1-2H3. The fourth-order valence-electron chi connectivity index (χ4n) is 2.14. The number of nitrogens with zero attached hydrogens (tertiary/aromatic N) is 1. The summed E-state index contributed by atoms with van der Waals surface area (Å²) in [5.74, 6) is 0.519. The first kappa shape index (κ1) is 9.11. The lowest BCUT2D eigenvalue weighted by atomic mass is 9.95. The van der Waals surface area contributed by atoms with Crippen LogP contribution in [0.3, 0.4) is 0 Å². The molecular weight excluding hydrogens is 193 g/mol. The SMILES string of the molecule is CC1CC(C)N1CC1CC1(Cl)Cl. The first-order valence-electron chi connectivity index (χ1n) is 4.64. The van der Waals surface area contributed by atoms with Crippen molar-refractivity contribution in [2.45, 2.75) is 43.1 Å². The van der Waals surface area contributed by atoms with Gasteiger partial charge in [-0.1, -0.05) is 0 Å². The third-order valence-corrected chi connectivity index (χ3v) is 4.13. The third kappa shape index (κ3) is 1.47. The first-order valence-corrected chi connectivity index (χ1v) is 5.40. The van der Waals surface area contributed by atoms with Gasteiger partial charge in [0.05, 0.1) is 0 Å². The van der Waals surface area contributed by atoms with Crippen LogP contribution in [0.1, 0.15) is 26.7 Å². The molecule has 1 nitrogen and oxygen atoms in total. The van der Waals surface area contributed by atoms with Gasteiger partial charge < -0.3 is 0 Å². The molecule has 0 amide bonds. The molecule has 1 saturated heterocycles. The van der Waals surface area contributed by atoms with Gasteiger partial charge in [0.1, 0.15) is 4.33 Å². The van der Waals surface area contributed by atoms with Crippen LogP contribution in [0.2, 0.25) is 0 Å². The summed E-state index contributed by atoms with van der Waals surface area (Å²) >= 11 is 11.9. The van der Waals surface area contributed by atoms with Crippen molar-refractivity contribution in [2.24, 2.45) is 5.92 Å². The zero-order chi connectivity index (χ0) is 8.93. The number of halogens is 2. The Morgan fingerprint density at radius 2 is 1.83 bits per heavy atom. The van der Waals surface area contributed by atoms with Crippen LogP contribution in [0, 0.1) is 5.92 Å². The van der Waals surface area contributed by atoms with E-state index in [4.69, 9.17) is 23.2 Å². The second-order valence-electron chi connectivity index (χ2n) is 4.29. The molecule has 12 heavy (non-hydrogen) atoms. The molecule has 70 valence electrons. The summed E-state index contributed by atoms with van der Waals surface area (Å²) in [7, 11) is 0. The van der Waals surface area contributed by atoms with Gasteiger partial charge in [-0.2, -0.15) is 0 Å². The quantitative estimate of drug-likeness (QED) is 0.630. The number of alkyl halides is 2. The van der Waals surface area contributed by atoms with E-state index in [2.05, 4.69) is 18.7 Å². The molecular formula is C9H15Cl2N. The molecule has 0 radical (unpaired) electrons. The molecule has 0 bridgehead atoms. The zero-order valence-corrected chi connectivity index (χ0v) is 9.07. The third-order valence-electron chi connectivity index (χ3n) is 3.20. The molecule has 0 spiro atoms. The Morgan fingerprint density at radius 3 is 2.17 bits per heavy atom. The monoisotopic (exact) mass is 207 g/mol. The summed E-state index contributed by atoms with van der Waals surface area (Å²) in [6.45, 7) is 5.63. The maximum atomic E-state index is 5.97. The number of hydrogen-bond acceptors (Lipinski definition) is 1. The van der Waals surface area contributed by atoms with E-state index in [-0.39, 0.29) is 0 Å². The molecule has 2 rings (SSSR count). The van der Waals surface area contributed by atoms with Crippen LogP contribution in [0.4, 0.5) is 0 Å². The molecule has 2 fully saturated rings. The normalized spacial score (nSPS) is 45.5. The van der Waals surface area contributed by atoms with Crippen LogP contribution in [0.5, 0.6) is 0 Å². The Labute approximate surface area is 84.0 Å². The molecule has 3 atom stereocenters. The fourth-order valence-corrected chi connectivity index (χ4v) is 2.65. The molecule has 3 unspecified atom stereocenters. The lowest BCUT2D eigenvalue weighted by molar-refractivity contribution is 0.0331. The van der Waals surface area contributed by atoms with Crippen molar-refractivity contribution in [2.75, 3.05) is 6.54 Å². The van der Waals surface area contributed by atoms with Crippen molar-refractivity contribution >= 4 is 23.2 Å². The minimum absolute atomic E-state index is 0.394. The topological polar surface area (TPSA) is 3.24 Å². The molecule has 0 aromatic heterocycles. The van der Waals surface area contributed by atoms with Gasteiger partial charge in [0.15, 0.2) is 0 Å². The molecule has 1 heterocycles. The molecule has 0 N–H and O–H groups in total. The van der Waals surface area contributed by atoms with E-state index in [9.17, 15) is 0 Å². The van der Waals surface area contributed by atoms with E-state index in [0.29, 0.717) is 5.92 Å². The van der Waals surface area contributed by atoms with E-state index in [1.807, 2.05) is 0 Å². The van der Waals surface area contributed by atoms with E-state index in [1.165, 1.54) is 6.42 Å². The van der Waals surface area contributed by atoms with Gasteiger partial charge >= 0.3 is 0 Å². The van der Waals surface area contributed by atoms with Gasteiger partial charge in [0, 0.05) is 24.5 Å². The minimum atomic E-state index is -0.394. The number of hydrogen-bond donors (Lipinski definition) is 0. The van der Waals surface area contributed by atoms with Crippen molar-refractivity contribution in [3.05, 3.63) is 0 Å². The van der Waals surface area contributed by atoms with Crippen LogP contribution < -0.4 is 0 Å². The summed E-state index contributed by atoms with van der Waals surface area (Å²) in [6, 6.07) is 1.48. The van der Waals surface area contributed by atoms with Gasteiger partial charge in [-0.3, -0.25) is 4.90 Å². The molecule has 1 aliphatic heterocycles. The van der Waals surface area contributed by atoms with Crippen molar-refractivity contribution in [3.63, 3.8) is 0 Å². The van der Waals surface area contributed by atoms with E-state index >= 15 is 0 Å². The van der Waals surface area contributed by atoms with Gasteiger partial charge in [-0.05, 0) is 26.7 Å². The summed E-state index contributed by atoms with van der Waals surface area (Å²) < 4.78 is -0.394. The second-order valence-corrected chi connectivity index (χ2v) is 5.84. The largest absolute Gasteiger partial charge is 0.297 e. The summed E-state index contributed by atoms with van der Waals surface area (Å²) in [5, 5.41) is 0. The van der Waals surface area contributed by atoms with Crippen LogP contribution in [0.15, 0.2) is 0 Å². The fraction of sp³-hybridized carbons (Fsp3) is 1.00. The van der Waals surface area contributed by atoms with Gasteiger partial charge in [-0.15, -0.1) is 23.2 Å². The smallest absolute Gasteiger partial charge is 0.122 e. The first-order chi connectivity index (χ1) is 5.50. The lowest BCUT2D eigenvalue weighted by Gasteiger charge is -2.45. The Kier molecular flexibility index (Phi) is 2.10. The predicted molar refractivity (Wildman–Crippen MR) is 52.8 cm³/mol. The second kappa shape index (κ2) is 2.76. The summed E-state index contributed by atoms with van der Waals surface area (Å²) in [4.78, 5) is 2.50. The van der Waals surface area contributed by atoms with Crippen molar-refractivity contribution in [3.8, 4) is 0 Å². The average molecular weight is 208 g/mol. The molecule has 3 heteroatoms. The molecule has 2 aliphatic rings. The Morgan fingerprint density at radius 1 is 1.33 bits per heavy atom. The van der Waals surface area contributed by atoms with E-state index < -0.39 is 4.33 Å². The maximum absolute atomic E-state index is 5.97. The maximum Gasteiger partial charge on any atom is 0.122 e. The van der Waals surface area contributed by atoms with Crippen LogP contribution in [-0.4, -0.2) is 27.9 Å². The highest BCUT2D eigenvalue weighted by atomic mass is 35.5. The number of likely N-dealkylation sites (tertiary alicyclic amines) is 1. The van der Waals surface area contributed by atoms with Crippen molar-refractivity contribution in [1.82, 2.24) is 4.90 Å². The van der Waals surface area contributed by atoms with Gasteiger partial charge in [0.2, 0.25) is 0 Å². The zero-order valence-electron chi connectivity index (χ0n) is 7.56. The average Bonchev–Trinajstić information content (AvgIpc) is 2.55.